The Kier molecular flexibility index (Phi) is 3.25. The van der Waals surface area contributed by atoms with Gasteiger partial charge in [-0.05, 0) is 13.0 Å². The number of carbonyl (C=O) groups excluding carboxylic acids is 1. The van der Waals surface area contributed by atoms with Crippen molar-refractivity contribution in [2.75, 3.05) is 5.32 Å². The Hall–Kier alpha value is -1.10. The Labute approximate surface area is 83.5 Å². The molecule has 0 saturated heterocycles. The zero-order chi connectivity index (χ0) is 9.84. The van der Waals surface area contributed by atoms with E-state index in [9.17, 15) is 9.59 Å². The summed E-state index contributed by atoms with van der Waals surface area (Å²) >= 11 is 3.13. The molecule has 4 nitrogen and oxygen atoms in total. The first kappa shape index (κ1) is 9.98. The van der Waals surface area contributed by atoms with Gasteiger partial charge < -0.3 is 10.3 Å². The topological polar surface area (TPSA) is 62.0 Å². The first-order chi connectivity index (χ1) is 6.09. The van der Waals surface area contributed by atoms with Crippen molar-refractivity contribution in [3.63, 3.8) is 0 Å². The Morgan fingerprint density at radius 3 is 2.77 bits per heavy atom. The third-order valence-corrected chi connectivity index (χ3v) is 1.83. The monoisotopic (exact) mass is 244 g/mol. The zero-order valence-electron chi connectivity index (χ0n) is 7.00. The van der Waals surface area contributed by atoms with E-state index < -0.39 is 0 Å². The van der Waals surface area contributed by atoms with Crippen molar-refractivity contribution in [3.05, 3.63) is 28.7 Å². The highest BCUT2D eigenvalue weighted by Crippen LogP contribution is 2.05. The smallest absolute Gasteiger partial charge is 0.248 e. The molecule has 0 spiro atoms. The molecule has 1 atom stereocenters. The van der Waals surface area contributed by atoms with Gasteiger partial charge in [0.2, 0.25) is 11.5 Å². The van der Waals surface area contributed by atoms with E-state index in [1.165, 1.54) is 12.3 Å². The molecule has 13 heavy (non-hydrogen) atoms. The average Bonchev–Trinajstić information content (AvgIpc) is 2.08. The first-order valence-electron chi connectivity index (χ1n) is 3.73. The van der Waals surface area contributed by atoms with Gasteiger partial charge in [0, 0.05) is 12.3 Å². The molecular weight excluding hydrogens is 236 g/mol. The molecule has 70 valence electrons. The van der Waals surface area contributed by atoms with E-state index in [4.69, 9.17) is 0 Å². The number of hydrogen-bond donors (Lipinski definition) is 2. The van der Waals surface area contributed by atoms with Crippen LogP contribution in [-0.2, 0) is 4.79 Å². The van der Waals surface area contributed by atoms with Gasteiger partial charge in [-0.15, -0.1) is 0 Å². The van der Waals surface area contributed by atoms with Crippen LogP contribution in [0.2, 0.25) is 0 Å². The number of pyridine rings is 1. The Morgan fingerprint density at radius 1 is 1.62 bits per heavy atom. The third kappa shape index (κ3) is 3.02. The van der Waals surface area contributed by atoms with Crippen molar-refractivity contribution in [2.45, 2.75) is 11.8 Å². The van der Waals surface area contributed by atoms with Crippen molar-refractivity contribution in [3.8, 4) is 0 Å². The van der Waals surface area contributed by atoms with Crippen molar-refractivity contribution < 1.29 is 4.79 Å². The summed E-state index contributed by atoms with van der Waals surface area (Å²) in [7, 11) is 0. The third-order valence-electron chi connectivity index (χ3n) is 1.41. The molecule has 0 aliphatic rings. The van der Waals surface area contributed by atoms with E-state index in [1.54, 1.807) is 13.0 Å². The molecule has 5 heteroatoms. The highest BCUT2D eigenvalue weighted by Gasteiger charge is 2.07. The summed E-state index contributed by atoms with van der Waals surface area (Å²) in [5.41, 5.74) is 0.390. The number of hydrogen-bond acceptors (Lipinski definition) is 2. The Morgan fingerprint density at radius 2 is 2.31 bits per heavy atom. The molecule has 0 aliphatic carbocycles. The Balaban J connectivity index is 2.70. The Bertz CT molecular complexity index is 339. The summed E-state index contributed by atoms with van der Waals surface area (Å²) in [5, 5.41) is 2.61. The van der Waals surface area contributed by atoms with Gasteiger partial charge in [0.05, 0.1) is 10.5 Å². The number of rotatable bonds is 2. The number of nitrogens with one attached hydrogen (secondary N) is 2. The summed E-state index contributed by atoms with van der Waals surface area (Å²) in [6.45, 7) is 1.72. The lowest BCUT2D eigenvalue weighted by atomic mass is 10.4. The maximum absolute atomic E-state index is 11.1. The number of amides is 1. The minimum Gasteiger partial charge on any atom is -0.327 e. The number of alkyl halides is 1. The van der Waals surface area contributed by atoms with Gasteiger partial charge in [0.15, 0.2) is 0 Å². The van der Waals surface area contributed by atoms with Gasteiger partial charge in [-0.1, -0.05) is 15.9 Å². The normalized spacial score (nSPS) is 12.2. The SMILES string of the molecule is CC(Br)C(=O)Nc1ccc(=O)[nH]c1. The zero-order valence-corrected chi connectivity index (χ0v) is 8.59. The minimum atomic E-state index is -0.251. The predicted octanol–water partition coefficient (Wildman–Crippen LogP) is 1.10. The van der Waals surface area contributed by atoms with Crippen LogP contribution >= 0.6 is 15.9 Å². The molecule has 0 aliphatic heterocycles. The van der Waals surface area contributed by atoms with Crippen molar-refractivity contribution in [2.24, 2.45) is 0 Å². The molecule has 1 aromatic heterocycles. The second-order valence-electron chi connectivity index (χ2n) is 2.55. The molecule has 0 aromatic carbocycles. The van der Waals surface area contributed by atoms with E-state index in [-0.39, 0.29) is 16.3 Å². The molecule has 0 fully saturated rings. The fourth-order valence-corrected chi connectivity index (χ4v) is 0.844. The highest BCUT2D eigenvalue weighted by molar-refractivity contribution is 9.10. The van der Waals surface area contributed by atoms with Crippen molar-refractivity contribution >= 4 is 27.5 Å². The van der Waals surface area contributed by atoms with Crippen LogP contribution in [0.25, 0.3) is 0 Å². The largest absolute Gasteiger partial charge is 0.327 e. The standard InChI is InChI=1S/C8H9BrN2O2/c1-5(9)8(13)11-6-2-3-7(12)10-4-6/h2-5H,1H3,(H,10,12)(H,11,13). The molecule has 0 saturated carbocycles. The molecule has 0 radical (unpaired) electrons. The van der Waals surface area contributed by atoms with E-state index in [0.717, 1.165) is 0 Å². The fourth-order valence-electron chi connectivity index (χ4n) is 0.730. The van der Waals surface area contributed by atoms with Crippen LogP contribution in [0.1, 0.15) is 6.92 Å². The molecule has 1 heterocycles. The van der Waals surface area contributed by atoms with E-state index in [0.29, 0.717) is 5.69 Å². The van der Waals surface area contributed by atoms with Crippen LogP contribution < -0.4 is 10.9 Å². The summed E-state index contributed by atoms with van der Waals surface area (Å²) in [6, 6.07) is 2.90. The van der Waals surface area contributed by atoms with Gasteiger partial charge in [-0.3, -0.25) is 9.59 Å². The lowest BCUT2D eigenvalue weighted by molar-refractivity contribution is -0.115. The minimum absolute atomic E-state index is 0.146. The summed E-state index contributed by atoms with van der Waals surface area (Å²) in [5.74, 6) is -0.146. The number of H-pyrrole nitrogens is 1. The summed E-state index contributed by atoms with van der Waals surface area (Å²) in [4.78, 5) is 24.0. The first-order valence-corrected chi connectivity index (χ1v) is 4.65. The maximum Gasteiger partial charge on any atom is 0.248 e. The van der Waals surface area contributed by atoms with Gasteiger partial charge >= 0.3 is 0 Å². The van der Waals surface area contributed by atoms with Crippen LogP contribution in [0.4, 0.5) is 5.69 Å². The lowest BCUT2D eigenvalue weighted by Crippen LogP contribution is -2.20. The number of halogens is 1. The second-order valence-corrected chi connectivity index (χ2v) is 3.92. The van der Waals surface area contributed by atoms with Gasteiger partial charge in [-0.2, -0.15) is 0 Å². The van der Waals surface area contributed by atoms with Crippen LogP contribution in [0.15, 0.2) is 23.1 Å². The van der Waals surface area contributed by atoms with Crippen molar-refractivity contribution in [1.82, 2.24) is 4.98 Å². The number of aromatic nitrogens is 1. The van der Waals surface area contributed by atoms with Crippen LogP contribution in [0.5, 0.6) is 0 Å². The molecular formula is C8H9BrN2O2. The van der Waals surface area contributed by atoms with Crippen LogP contribution in [-0.4, -0.2) is 15.7 Å². The molecule has 1 amide bonds. The molecule has 1 unspecified atom stereocenters. The molecule has 1 aromatic rings. The average molecular weight is 245 g/mol. The predicted molar refractivity (Wildman–Crippen MR) is 54.1 cm³/mol. The molecule has 0 bridgehead atoms. The highest BCUT2D eigenvalue weighted by atomic mass is 79.9. The maximum atomic E-state index is 11.1. The molecule has 2 N–H and O–H groups in total. The van der Waals surface area contributed by atoms with Gasteiger partial charge in [0.1, 0.15) is 0 Å². The number of aromatic amines is 1. The van der Waals surface area contributed by atoms with Crippen LogP contribution in [0.3, 0.4) is 0 Å². The lowest BCUT2D eigenvalue weighted by Gasteiger charge is -2.05. The molecule has 1 rings (SSSR count). The number of anilines is 1. The number of carbonyl (C=O) groups is 1. The summed E-state index contributed by atoms with van der Waals surface area (Å²) in [6.07, 6.45) is 1.45. The second kappa shape index (κ2) is 4.23. The van der Waals surface area contributed by atoms with Crippen LogP contribution in [0, 0.1) is 0 Å². The van der Waals surface area contributed by atoms with Crippen molar-refractivity contribution in [1.29, 1.82) is 0 Å². The van der Waals surface area contributed by atoms with E-state index >= 15 is 0 Å². The fraction of sp³-hybridized carbons (Fsp3) is 0.250. The quantitative estimate of drug-likeness (QED) is 0.766. The van der Waals surface area contributed by atoms with E-state index in [2.05, 4.69) is 26.2 Å². The van der Waals surface area contributed by atoms with Gasteiger partial charge in [0.25, 0.3) is 0 Å². The summed E-state index contributed by atoms with van der Waals surface area (Å²) < 4.78 is 0. The van der Waals surface area contributed by atoms with E-state index in [1.807, 2.05) is 0 Å². The van der Waals surface area contributed by atoms with Gasteiger partial charge in [-0.25, -0.2) is 0 Å².